The summed E-state index contributed by atoms with van der Waals surface area (Å²) in [4.78, 5) is 10.9. The number of benzene rings is 1. The highest BCUT2D eigenvalue weighted by atomic mass is 16.4. The van der Waals surface area contributed by atoms with Crippen LogP contribution in [0, 0.1) is 0 Å². The second-order valence-electron chi connectivity index (χ2n) is 3.86. The number of hydrogen-bond donors (Lipinski definition) is 2. The summed E-state index contributed by atoms with van der Waals surface area (Å²) in [6.07, 6.45) is 1.82. The zero-order chi connectivity index (χ0) is 12.4. The lowest BCUT2D eigenvalue weighted by molar-refractivity contribution is 0.0686. The van der Waals surface area contributed by atoms with Gasteiger partial charge in [0.05, 0.1) is 0 Å². The standard InChI is InChI=1S/C13H14N2O2/c1-14-11-5-3-9(4-6-11)10-7-12(13(16)17)15(2)8-10/h3-8,14H,1-2H3,(H,16,17). The lowest BCUT2D eigenvalue weighted by Gasteiger charge is -2.01. The van der Waals surface area contributed by atoms with E-state index in [4.69, 9.17) is 5.11 Å². The van der Waals surface area contributed by atoms with Crippen molar-refractivity contribution in [2.75, 3.05) is 12.4 Å². The highest BCUT2D eigenvalue weighted by molar-refractivity contribution is 5.88. The number of nitrogens with zero attached hydrogens (tertiary/aromatic N) is 1. The molecule has 4 heteroatoms. The normalized spacial score (nSPS) is 10.2. The van der Waals surface area contributed by atoms with E-state index in [2.05, 4.69) is 5.32 Å². The number of rotatable bonds is 3. The molecular weight excluding hydrogens is 216 g/mol. The maximum absolute atomic E-state index is 10.9. The summed E-state index contributed by atoms with van der Waals surface area (Å²) in [5, 5.41) is 12.0. The van der Waals surface area contributed by atoms with Crippen LogP contribution in [0.15, 0.2) is 36.5 Å². The fraction of sp³-hybridized carbons (Fsp3) is 0.154. The maximum atomic E-state index is 10.9. The van der Waals surface area contributed by atoms with Crippen molar-refractivity contribution >= 4 is 11.7 Å². The molecule has 0 radical (unpaired) electrons. The van der Waals surface area contributed by atoms with Crippen LogP contribution in [0.25, 0.3) is 11.1 Å². The van der Waals surface area contributed by atoms with Crippen LogP contribution < -0.4 is 5.32 Å². The molecule has 0 fully saturated rings. The molecule has 17 heavy (non-hydrogen) atoms. The molecule has 0 atom stereocenters. The predicted molar refractivity (Wildman–Crippen MR) is 67.4 cm³/mol. The van der Waals surface area contributed by atoms with Gasteiger partial charge in [-0.2, -0.15) is 0 Å². The number of carboxylic acid groups (broad SMARTS) is 1. The topological polar surface area (TPSA) is 54.3 Å². The minimum atomic E-state index is -0.911. The summed E-state index contributed by atoms with van der Waals surface area (Å²) >= 11 is 0. The SMILES string of the molecule is CNc1ccc(-c2cc(C(=O)O)n(C)c2)cc1. The molecule has 0 aliphatic rings. The van der Waals surface area contributed by atoms with Crippen molar-refractivity contribution in [1.82, 2.24) is 4.57 Å². The average Bonchev–Trinajstić information content (AvgIpc) is 2.71. The third-order valence-electron chi connectivity index (χ3n) is 2.73. The summed E-state index contributed by atoms with van der Waals surface area (Å²) in [7, 11) is 3.59. The molecule has 0 saturated carbocycles. The Morgan fingerprint density at radius 3 is 2.35 bits per heavy atom. The largest absolute Gasteiger partial charge is 0.477 e. The van der Waals surface area contributed by atoms with E-state index in [0.29, 0.717) is 0 Å². The van der Waals surface area contributed by atoms with Gasteiger partial charge in [0.15, 0.2) is 0 Å². The molecule has 0 bridgehead atoms. The van der Waals surface area contributed by atoms with Crippen LogP contribution in [0.5, 0.6) is 0 Å². The Bertz CT molecular complexity index is 541. The van der Waals surface area contributed by atoms with Gasteiger partial charge < -0.3 is 15.0 Å². The number of aromatic nitrogens is 1. The van der Waals surface area contributed by atoms with Gasteiger partial charge in [0.2, 0.25) is 0 Å². The van der Waals surface area contributed by atoms with Crippen molar-refractivity contribution in [3.8, 4) is 11.1 Å². The third-order valence-corrected chi connectivity index (χ3v) is 2.73. The number of aryl methyl sites for hydroxylation is 1. The van der Waals surface area contributed by atoms with Gasteiger partial charge in [-0.25, -0.2) is 4.79 Å². The lowest BCUT2D eigenvalue weighted by Crippen LogP contribution is -2.02. The quantitative estimate of drug-likeness (QED) is 0.851. The Labute approximate surface area is 99.5 Å². The molecule has 88 valence electrons. The number of nitrogens with one attached hydrogen (secondary N) is 1. The Kier molecular flexibility index (Phi) is 2.87. The first kappa shape index (κ1) is 11.3. The van der Waals surface area contributed by atoms with Crippen molar-refractivity contribution in [3.63, 3.8) is 0 Å². The highest BCUT2D eigenvalue weighted by Gasteiger charge is 2.10. The molecular formula is C13H14N2O2. The lowest BCUT2D eigenvalue weighted by atomic mass is 10.1. The van der Waals surface area contributed by atoms with Gasteiger partial charge in [-0.3, -0.25) is 0 Å². The smallest absolute Gasteiger partial charge is 0.352 e. The van der Waals surface area contributed by atoms with E-state index in [1.807, 2.05) is 37.5 Å². The zero-order valence-electron chi connectivity index (χ0n) is 9.77. The first-order chi connectivity index (χ1) is 8.11. The molecule has 2 rings (SSSR count). The molecule has 1 aromatic heterocycles. The van der Waals surface area contributed by atoms with Crippen molar-refractivity contribution in [1.29, 1.82) is 0 Å². The maximum Gasteiger partial charge on any atom is 0.352 e. The molecule has 0 saturated heterocycles. The minimum Gasteiger partial charge on any atom is -0.477 e. The average molecular weight is 230 g/mol. The monoisotopic (exact) mass is 230 g/mol. The molecule has 0 aliphatic carbocycles. The van der Waals surface area contributed by atoms with Crippen molar-refractivity contribution in [2.45, 2.75) is 0 Å². The van der Waals surface area contributed by atoms with Crippen molar-refractivity contribution in [3.05, 3.63) is 42.2 Å². The fourth-order valence-electron chi connectivity index (χ4n) is 1.76. The number of hydrogen-bond acceptors (Lipinski definition) is 2. The third kappa shape index (κ3) is 2.15. The Morgan fingerprint density at radius 2 is 1.88 bits per heavy atom. The van der Waals surface area contributed by atoms with Gasteiger partial charge in [0.1, 0.15) is 5.69 Å². The first-order valence-corrected chi connectivity index (χ1v) is 5.29. The van der Waals surface area contributed by atoms with Crippen molar-refractivity contribution in [2.24, 2.45) is 7.05 Å². The number of anilines is 1. The van der Waals surface area contributed by atoms with Crippen LogP contribution >= 0.6 is 0 Å². The van der Waals surface area contributed by atoms with E-state index in [1.165, 1.54) is 0 Å². The van der Waals surface area contributed by atoms with E-state index >= 15 is 0 Å². The van der Waals surface area contributed by atoms with Crippen LogP contribution in [0.2, 0.25) is 0 Å². The highest BCUT2D eigenvalue weighted by Crippen LogP contribution is 2.23. The van der Waals surface area contributed by atoms with Crippen LogP contribution in [0.1, 0.15) is 10.5 Å². The molecule has 0 spiro atoms. The molecule has 0 amide bonds. The van der Waals surface area contributed by atoms with Gasteiger partial charge in [-0.15, -0.1) is 0 Å². The van der Waals surface area contributed by atoms with Gasteiger partial charge in [-0.05, 0) is 23.8 Å². The second-order valence-corrected chi connectivity index (χ2v) is 3.86. The molecule has 2 aromatic rings. The molecule has 2 N–H and O–H groups in total. The van der Waals surface area contributed by atoms with Crippen LogP contribution in [0.3, 0.4) is 0 Å². The minimum absolute atomic E-state index is 0.290. The summed E-state index contributed by atoms with van der Waals surface area (Å²) in [6, 6.07) is 9.53. The molecule has 0 aliphatic heterocycles. The summed E-state index contributed by atoms with van der Waals surface area (Å²) in [5.74, 6) is -0.911. The molecule has 1 aromatic carbocycles. The Balaban J connectivity index is 2.39. The van der Waals surface area contributed by atoms with E-state index in [9.17, 15) is 4.79 Å². The van der Waals surface area contributed by atoms with Gasteiger partial charge in [0.25, 0.3) is 0 Å². The number of carbonyl (C=O) groups is 1. The number of carboxylic acids is 1. The van der Waals surface area contributed by atoms with E-state index in [0.717, 1.165) is 16.8 Å². The molecule has 4 nitrogen and oxygen atoms in total. The summed E-state index contributed by atoms with van der Waals surface area (Å²) < 4.78 is 1.61. The van der Waals surface area contributed by atoms with Gasteiger partial charge in [-0.1, -0.05) is 12.1 Å². The van der Waals surface area contributed by atoms with Crippen LogP contribution in [-0.4, -0.2) is 22.7 Å². The summed E-state index contributed by atoms with van der Waals surface area (Å²) in [6.45, 7) is 0. The van der Waals surface area contributed by atoms with E-state index in [-0.39, 0.29) is 5.69 Å². The molecule has 0 unspecified atom stereocenters. The van der Waals surface area contributed by atoms with Gasteiger partial charge >= 0.3 is 5.97 Å². The molecule has 1 heterocycles. The van der Waals surface area contributed by atoms with Crippen LogP contribution in [0.4, 0.5) is 5.69 Å². The first-order valence-electron chi connectivity index (χ1n) is 5.29. The van der Waals surface area contributed by atoms with Gasteiger partial charge in [0, 0.05) is 31.5 Å². The zero-order valence-corrected chi connectivity index (χ0v) is 9.77. The van der Waals surface area contributed by atoms with E-state index in [1.54, 1.807) is 17.7 Å². The fourth-order valence-corrected chi connectivity index (χ4v) is 1.76. The Morgan fingerprint density at radius 1 is 1.24 bits per heavy atom. The predicted octanol–water partition coefficient (Wildman–Crippen LogP) is 2.43. The van der Waals surface area contributed by atoms with E-state index < -0.39 is 5.97 Å². The van der Waals surface area contributed by atoms with Crippen molar-refractivity contribution < 1.29 is 9.90 Å². The van der Waals surface area contributed by atoms with Crippen LogP contribution in [-0.2, 0) is 7.05 Å². The number of aromatic carboxylic acids is 1. The second kappa shape index (κ2) is 4.33. The summed E-state index contributed by atoms with van der Waals surface area (Å²) in [5.41, 5.74) is 3.24. The Hall–Kier alpha value is -2.23.